The van der Waals surface area contributed by atoms with E-state index in [1.54, 1.807) is 6.07 Å². The van der Waals surface area contributed by atoms with Crippen LogP contribution in [0.1, 0.15) is 5.56 Å². The summed E-state index contributed by atoms with van der Waals surface area (Å²) in [5.41, 5.74) is 1.13. The van der Waals surface area contributed by atoms with Crippen LogP contribution in [0.2, 0.25) is 10.0 Å². The van der Waals surface area contributed by atoms with Crippen molar-refractivity contribution in [2.45, 2.75) is 6.54 Å². The van der Waals surface area contributed by atoms with Crippen LogP contribution in [0.4, 0.5) is 0 Å². The lowest BCUT2D eigenvalue weighted by Crippen LogP contribution is -2.24. The van der Waals surface area contributed by atoms with E-state index in [1.807, 2.05) is 12.1 Å². The summed E-state index contributed by atoms with van der Waals surface area (Å²) in [7, 11) is 2.21. The second-order valence-corrected chi connectivity index (χ2v) is 6.42. The first-order chi connectivity index (χ1) is 8.65. The number of hydrogen-bond donors (Lipinski definition) is 1. The van der Waals surface area contributed by atoms with Gasteiger partial charge in [-0.3, -0.25) is 0 Å². The van der Waals surface area contributed by atoms with Gasteiger partial charge in [0.25, 0.3) is 0 Å². The third-order valence-electron chi connectivity index (χ3n) is 4.26. The topological polar surface area (TPSA) is 15.3 Å². The zero-order chi connectivity index (χ0) is 12.7. The molecule has 1 saturated carbocycles. The fraction of sp³-hybridized carbons (Fsp3) is 0.571. The van der Waals surface area contributed by atoms with Crippen LogP contribution in [0, 0.1) is 17.8 Å². The van der Waals surface area contributed by atoms with Crippen LogP contribution >= 0.6 is 23.2 Å². The molecule has 2 fully saturated rings. The highest BCUT2D eigenvalue weighted by Gasteiger charge is 2.53. The zero-order valence-electron chi connectivity index (χ0n) is 10.5. The summed E-state index contributed by atoms with van der Waals surface area (Å²) in [6.07, 6.45) is 0. The molecule has 1 heterocycles. The van der Waals surface area contributed by atoms with E-state index in [9.17, 15) is 0 Å². The quantitative estimate of drug-likeness (QED) is 0.915. The van der Waals surface area contributed by atoms with E-state index in [4.69, 9.17) is 23.2 Å². The number of nitrogens with one attached hydrogen (secondary N) is 1. The van der Waals surface area contributed by atoms with Crippen molar-refractivity contribution < 1.29 is 0 Å². The minimum absolute atomic E-state index is 0.698. The molecule has 1 aromatic carbocycles. The van der Waals surface area contributed by atoms with Gasteiger partial charge in [0.15, 0.2) is 0 Å². The van der Waals surface area contributed by atoms with Gasteiger partial charge in [0.05, 0.1) is 0 Å². The summed E-state index contributed by atoms with van der Waals surface area (Å²) in [5, 5.41) is 4.97. The van der Waals surface area contributed by atoms with Gasteiger partial charge >= 0.3 is 0 Å². The average Bonchev–Trinajstić information content (AvgIpc) is 2.78. The Bertz CT molecular complexity index is 437. The minimum atomic E-state index is 0.698. The standard InChI is InChI=1S/C14H18Cl2N2/c1-18-7-12-11(13(12)8-18)6-17-5-9-2-3-10(15)4-14(9)16/h2-4,11-13,17H,5-8H2,1H3. The number of fused-ring (bicyclic) bond motifs is 1. The first-order valence-corrected chi connectivity index (χ1v) is 7.24. The maximum Gasteiger partial charge on any atom is 0.0465 e. The lowest BCUT2D eigenvalue weighted by molar-refractivity contribution is 0.339. The van der Waals surface area contributed by atoms with Crippen molar-refractivity contribution in [1.29, 1.82) is 0 Å². The average molecular weight is 285 g/mol. The lowest BCUT2D eigenvalue weighted by atomic mass is 10.2. The van der Waals surface area contributed by atoms with Crippen LogP contribution in [0.15, 0.2) is 18.2 Å². The molecule has 18 heavy (non-hydrogen) atoms. The van der Waals surface area contributed by atoms with Crippen molar-refractivity contribution in [3.63, 3.8) is 0 Å². The predicted molar refractivity (Wildman–Crippen MR) is 76.1 cm³/mol. The number of nitrogens with zero attached hydrogens (tertiary/aromatic N) is 1. The van der Waals surface area contributed by atoms with Gasteiger partial charge < -0.3 is 10.2 Å². The van der Waals surface area contributed by atoms with Crippen LogP contribution in [-0.4, -0.2) is 31.6 Å². The van der Waals surface area contributed by atoms with Crippen LogP contribution < -0.4 is 5.32 Å². The van der Waals surface area contributed by atoms with E-state index in [0.717, 1.165) is 41.4 Å². The Kier molecular flexibility index (Phi) is 3.55. The normalized spacial score (nSPS) is 30.5. The zero-order valence-corrected chi connectivity index (χ0v) is 12.0. The molecule has 2 nitrogen and oxygen atoms in total. The Morgan fingerprint density at radius 1 is 1.28 bits per heavy atom. The van der Waals surface area contributed by atoms with Crippen LogP contribution in [0.25, 0.3) is 0 Å². The van der Waals surface area contributed by atoms with Crippen molar-refractivity contribution in [2.24, 2.45) is 17.8 Å². The maximum absolute atomic E-state index is 6.14. The molecular formula is C14H18Cl2N2. The summed E-state index contributed by atoms with van der Waals surface area (Å²) in [4.78, 5) is 2.43. The van der Waals surface area contributed by atoms with Gasteiger partial charge in [0.1, 0.15) is 0 Å². The van der Waals surface area contributed by atoms with E-state index < -0.39 is 0 Å². The Hall–Kier alpha value is -0.280. The first-order valence-electron chi connectivity index (χ1n) is 6.48. The molecule has 3 rings (SSSR count). The summed E-state index contributed by atoms with van der Waals surface area (Å²) in [5.74, 6) is 2.75. The largest absolute Gasteiger partial charge is 0.312 e. The molecule has 98 valence electrons. The molecule has 2 unspecified atom stereocenters. The smallest absolute Gasteiger partial charge is 0.0465 e. The highest BCUT2D eigenvalue weighted by molar-refractivity contribution is 6.35. The first kappa shape index (κ1) is 12.7. The van der Waals surface area contributed by atoms with Gasteiger partial charge in [-0.25, -0.2) is 0 Å². The minimum Gasteiger partial charge on any atom is -0.312 e. The molecule has 1 aliphatic carbocycles. The Labute approximate surface area is 118 Å². The molecule has 0 amide bonds. The molecule has 0 bridgehead atoms. The number of benzene rings is 1. The molecule has 2 aliphatic rings. The van der Waals surface area contributed by atoms with Gasteiger partial charge in [0.2, 0.25) is 0 Å². The number of piperidine rings is 1. The van der Waals surface area contributed by atoms with Crippen LogP contribution in [0.3, 0.4) is 0 Å². The molecule has 2 atom stereocenters. The third kappa shape index (κ3) is 2.53. The van der Waals surface area contributed by atoms with Crippen molar-refractivity contribution in [2.75, 3.05) is 26.7 Å². The number of rotatable bonds is 4. The highest BCUT2D eigenvalue weighted by Crippen LogP contribution is 2.50. The molecular weight excluding hydrogens is 267 g/mol. The number of hydrogen-bond acceptors (Lipinski definition) is 2. The molecule has 1 aromatic rings. The summed E-state index contributed by atoms with van der Waals surface area (Å²) in [6, 6.07) is 5.70. The molecule has 1 aliphatic heterocycles. The Balaban J connectivity index is 1.46. The molecule has 1 saturated heterocycles. The van der Waals surface area contributed by atoms with E-state index in [-0.39, 0.29) is 0 Å². The van der Waals surface area contributed by atoms with Crippen molar-refractivity contribution in [3.05, 3.63) is 33.8 Å². The second kappa shape index (κ2) is 5.01. The molecule has 0 spiro atoms. The second-order valence-electron chi connectivity index (χ2n) is 5.58. The number of likely N-dealkylation sites (tertiary alicyclic amines) is 1. The fourth-order valence-electron chi connectivity index (χ4n) is 3.20. The van der Waals surface area contributed by atoms with Crippen LogP contribution in [-0.2, 0) is 6.54 Å². The van der Waals surface area contributed by atoms with Crippen molar-refractivity contribution in [1.82, 2.24) is 10.2 Å². The highest BCUT2D eigenvalue weighted by atomic mass is 35.5. The summed E-state index contributed by atoms with van der Waals surface area (Å²) >= 11 is 12.0. The van der Waals surface area contributed by atoms with E-state index in [2.05, 4.69) is 17.3 Å². The molecule has 0 radical (unpaired) electrons. The van der Waals surface area contributed by atoms with E-state index in [0.29, 0.717) is 5.02 Å². The predicted octanol–water partition coefficient (Wildman–Crippen LogP) is 2.89. The van der Waals surface area contributed by atoms with E-state index in [1.165, 1.54) is 13.1 Å². The van der Waals surface area contributed by atoms with Crippen molar-refractivity contribution >= 4 is 23.2 Å². The summed E-state index contributed by atoms with van der Waals surface area (Å²) < 4.78 is 0. The van der Waals surface area contributed by atoms with Gasteiger partial charge in [-0.15, -0.1) is 0 Å². The van der Waals surface area contributed by atoms with Gasteiger partial charge in [-0.05, 0) is 49.0 Å². The molecule has 4 heteroatoms. The molecule has 1 N–H and O–H groups in total. The monoisotopic (exact) mass is 284 g/mol. The van der Waals surface area contributed by atoms with E-state index >= 15 is 0 Å². The van der Waals surface area contributed by atoms with Gasteiger partial charge in [0, 0.05) is 29.7 Å². The SMILES string of the molecule is CN1CC2C(CNCc3ccc(Cl)cc3Cl)C2C1. The molecule has 0 aromatic heterocycles. The number of halogens is 2. The van der Waals surface area contributed by atoms with Gasteiger partial charge in [-0.1, -0.05) is 29.3 Å². The van der Waals surface area contributed by atoms with Crippen LogP contribution in [0.5, 0.6) is 0 Å². The van der Waals surface area contributed by atoms with Crippen molar-refractivity contribution in [3.8, 4) is 0 Å². The summed E-state index contributed by atoms with van der Waals surface area (Å²) in [6.45, 7) is 4.50. The fourth-order valence-corrected chi connectivity index (χ4v) is 3.68. The Morgan fingerprint density at radius 2 is 2.00 bits per heavy atom. The third-order valence-corrected chi connectivity index (χ3v) is 4.85. The van der Waals surface area contributed by atoms with Gasteiger partial charge in [-0.2, -0.15) is 0 Å². The lowest BCUT2D eigenvalue weighted by Gasteiger charge is -2.13. The maximum atomic E-state index is 6.14. The Morgan fingerprint density at radius 3 is 2.67 bits per heavy atom.